The summed E-state index contributed by atoms with van der Waals surface area (Å²) in [5, 5.41) is 0. The normalized spacial score (nSPS) is 18.9. The Morgan fingerprint density at radius 3 is 2.50 bits per heavy atom. The van der Waals surface area contributed by atoms with E-state index in [0.29, 0.717) is 0 Å². The molecule has 1 saturated carbocycles. The van der Waals surface area contributed by atoms with Crippen molar-refractivity contribution in [2.24, 2.45) is 11.7 Å². The summed E-state index contributed by atoms with van der Waals surface area (Å²) in [6.45, 7) is 3.71. The first kappa shape index (κ1) is 13.3. The largest absolute Gasteiger partial charge is 0.373 e. The Bertz CT molecular complexity index is 245. The Morgan fingerprint density at radius 2 is 2.00 bits per heavy atom. The third kappa shape index (κ3) is 4.03. The number of nitrogens with zero attached hydrogens (tertiary/aromatic N) is 1. The topological polar surface area (TPSA) is 29.3 Å². The van der Waals surface area contributed by atoms with Crippen LogP contribution >= 0.6 is 0 Å². The van der Waals surface area contributed by atoms with Crippen molar-refractivity contribution < 1.29 is 0 Å². The van der Waals surface area contributed by atoms with E-state index < -0.39 is 0 Å². The van der Waals surface area contributed by atoms with Crippen LogP contribution < -0.4 is 5.73 Å². The van der Waals surface area contributed by atoms with Crippen molar-refractivity contribution in [3.8, 4) is 0 Å². The zero-order valence-corrected chi connectivity index (χ0v) is 10.8. The standard InChI is InChI=1S/C14H26N2/c1-4-14(16(2)3)13(15)11-10-12-8-6-5-7-9-12/h12-13H,1,5-11,15H2,2-3H3. The molecule has 0 spiro atoms. The molecule has 1 fully saturated rings. The lowest BCUT2D eigenvalue weighted by molar-refractivity contribution is 0.320. The zero-order chi connectivity index (χ0) is 12.0. The van der Waals surface area contributed by atoms with Crippen molar-refractivity contribution >= 4 is 0 Å². The zero-order valence-electron chi connectivity index (χ0n) is 10.8. The lowest BCUT2D eigenvalue weighted by atomic mass is 9.85. The van der Waals surface area contributed by atoms with Crippen LogP contribution in [0.25, 0.3) is 0 Å². The van der Waals surface area contributed by atoms with Gasteiger partial charge in [-0.25, -0.2) is 0 Å². The molecule has 16 heavy (non-hydrogen) atoms. The van der Waals surface area contributed by atoms with Crippen molar-refractivity contribution in [3.63, 3.8) is 0 Å². The van der Waals surface area contributed by atoms with Crippen LogP contribution in [0.4, 0.5) is 0 Å². The highest BCUT2D eigenvalue weighted by molar-refractivity contribution is 5.05. The van der Waals surface area contributed by atoms with E-state index in [1.807, 2.05) is 19.0 Å². The van der Waals surface area contributed by atoms with Crippen LogP contribution in [0.2, 0.25) is 0 Å². The summed E-state index contributed by atoms with van der Waals surface area (Å²) in [4.78, 5) is 2.03. The first-order valence-electron chi connectivity index (χ1n) is 6.48. The van der Waals surface area contributed by atoms with Gasteiger partial charge in [0.25, 0.3) is 0 Å². The van der Waals surface area contributed by atoms with E-state index in [1.54, 1.807) is 0 Å². The molecule has 0 aromatic carbocycles. The van der Waals surface area contributed by atoms with Gasteiger partial charge in [-0.2, -0.15) is 0 Å². The monoisotopic (exact) mass is 222 g/mol. The van der Waals surface area contributed by atoms with Crippen molar-refractivity contribution in [1.29, 1.82) is 0 Å². The average molecular weight is 222 g/mol. The summed E-state index contributed by atoms with van der Waals surface area (Å²) in [6.07, 6.45) is 9.40. The quantitative estimate of drug-likeness (QED) is 0.725. The summed E-state index contributed by atoms with van der Waals surface area (Å²) >= 11 is 0. The number of hydrogen-bond donors (Lipinski definition) is 1. The number of likely N-dealkylation sites (N-methyl/N-ethyl adjacent to an activating group) is 1. The molecule has 0 radical (unpaired) electrons. The van der Waals surface area contributed by atoms with Gasteiger partial charge in [-0.3, -0.25) is 0 Å². The van der Waals surface area contributed by atoms with Crippen LogP contribution in [0.15, 0.2) is 18.0 Å². The van der Waals surface area contributed by atoms with Crippen molar-refractivity contribution in [2.75, 3.05) is 14.1 Å². The van der Waals surface area contributed by atoms with Crippen LogP contribution in [0.1, 0.15) is 44.9 Å². The van der Waals surface area contributed by atoms with Gasteiger partial charge in [0.1, 0.15) is 0 Å². The summed E-state index contributed by atoms with van der Waals surface area (Å²) < 4.78 is 0. The van der Waals surface area contributed by atoms with E-state index in [2.05, 4.69) is 12.3 Å². The van der Waals surface area contributed by atoms with Gasteiger partial charge in [-0.1, -0.05) is 38.7 Å². The number of nitrogens with two attached hydrogens (primary N) is 1. The van der Waals surface area contributed by atoms with Crippen LogP contribution in [0.3, 0.4) is 0 Å². The molecule has 0 aliphatic heterocycles. The van der Waals surface area contributed by atoms with E-state index in [0.717, 1.165) is 18.0 Å². The molecule has 1 aliphatic rings. The third-order valence-electron chi connectivity index (χ3n) is 3.62. The highest BCUT2D eigenvalue weighted by atomic mass is 15.1. The fraction of sp³-hybridized carbons (Fsp3) is 0.786. The maximum Gasteiger partial charge on any atom is 0.0723 e. The highest BCUT2D eigenvalue weighted by Gasteiger charge is 2.16. The summed E-state index contributed by atoms with van der Waals surface area (Å²) in [5.74, 6) is 0.910. The molecule has 0 saturated heterocycles. The van der Waals surface area contributed by atoms with Gasteiger partial charge in [0.05, 0.1) is 11.7 Å². The maximum atomic E-state index is 6.17. The molecule has 0 heterocycles. The van der Waals surface area contributed by atoms with E-state index in [9.17, 15) is 0 Å². The molecule has 0 aromatic heterocycles. The molecule has 2 N–H and O–H groups in total. The third-order valence-corrected chi connectivity index (χ3v) is 3.62. The molecular weight excluding hydrogens is 196 g/mol. The minimum atomic E-state index is 0.106. The lowest BCUT2D eigenvalue weighted by Crippen LogP contribution is -2.31. The lowest BCUT2D eigenvalue weighted by Gasteiger charge is -2.25. The molecule has 1 atom stereocenters. The second-order valence-electron chi connectivity index (χ2n) is 5.14. The van der Waals surface area contributed by atoms with Gasteiger partial charge in [0.2, 0.25) is 0 Å². The van der Waals surface area contributed by atoms with Gasteiger partial charge in [0, 0.05) is 14.1 Å². The van der Waals surface area contributed by atoms with Crippen molar-refractivity contribution in [1.82, 2.24) is 4.90 Å². The fourth-order valence-corrected chi connectivity index (χ4v) is 2.65. The molecule has 0 bridgehead atoms. The first-order chi connectivity index (χ1) is 7.65. The molecule has 0 amide bonds. The van der Waals surface area contributed by atoms with E-state index in [1.165, 1.54) is 38.5 Å². The Kier molecular flexibility index (Phi) is 5.65. The Hall–Kier alpha value is -0.720. The first-order valence-corrected chi connectivity index (χ1v) is 6.48. The smallest absolute Gasteiger partial charge is 0.0723 e. The van der Waals surface area contributed by atoms with E-state index in [4.69, 9.17) is 5.73 Å². The van der Waals surface area contributed by atoms with Crippen LogP contribution in [-0.4, -0.2) is 25.0 Å². The predicted molar refractivity (Wildman–Crippen MR) is 70.1 cm³/mol. The predicted octanol–water partition coefficient (Wildman–Crippen LogP) is 2.90. The molecule has 1 aliphatic carbocycles. The SMILES string of the molecule is C=C=C(C(N)CCC1CCCCC1)N(C)C. The minimum Gasteiger partial charge on any atom is -0.373 e. The summed E-state index contributed by atoms with van der Waals surface area (Å²) in [7, 11) is 4.02. The Balaban J connectivity index is 2.33. The van der Waals surface area contributed by atoms with Gasteiger partial charge < -0.3 is 10.6 Å². The second-order valence-corrected chi connectivity index (χ2v) is 5.14. The molecule has 1 unspecified atom stereocenters. The van der Waals surface area contributed by atoms with Gasteiger partial charge in [-0.05, 0) is 18.8 Å². The van der Waals surface area contributed by atoms with Gasteiger partial charge >= 0.3 is 0 Å². The van der Waals surface area contributed by atoms with E-state index >= 15 is 0 Å². The highest BCUT2D eigenvalue weighted by Crippen LogP contribution is 2.28. The molecule has 0 aromatic rings. The molecule has 92 valence electrons. The number of hydrogen-bond acceptors (Lipinski definition) is 2. The maximum absolute atomic E-state index is 6.17. The van der Waals surface area contributed by atoms with Gasteiger partial charge in [0.15, 0.2) is 0 Å². The second kappa shape index (κ2) is 6.78. The molecule has 2 nitrogen and oxygen atoms in total. The Morgan fingerprint density at radius 1 is 1.38 bits per heavy atom. The van der Waals surface area contributed by atoms with Crippen molar-refractivity contribution in [2.45, 2.75) is 51.0 Å². The van der Waals surface area contributed by atoms with Crippen molar-refractivity contribution in [3.05, 3.63) is 18.0 Å². The number of rotatable bonds is 5. The summed E-state index contributed by atoms with van der Waals surface area (Å²) in [5.41, 5.74) is 10.2. The van der Waals surface area contributed by atoms with Crippen LogP contribution in [-0.2, 0) is 0 Å². The van der Waals surface area contributed by atoms with Crippen LogP contribution in [0, 0.1) is 5.92 Å². The van der Waals surface area contributed by atoms with Crippen LogP contribution in [0.5, 0.6) is 0 Å². The van der Waals surface area contributed by atoms with E-state index in [-0.39, 0.29) is 6.04 Å². The summed E-state index contributed by atoms with van der Waals surface area (Å²) in [6, 6.07) is 0.106. The fourth-order valence-electron chi connectivity index (χ4n) is 2.65. The van der Waals surface area contributed by atoms with Gasteiger partial charge in [-0.15, -0.1) is 5.73 Å². The average Bonchev–Trinajstić information content (AvgIpc) is 2.28. The molecule has 2 heteroatoms. The molecular formula is C14H26N2. The Labute approximate surface area is 100 Å². The minimum absolute atomic E-state index is 0.106. The molecule has 1 rings (SSSR count).